The Morgan fingerprint density at radius 1 is 1.69 bits per heavy atom. The number of H-pyrrole nitrogens is 1. The molecular formula is C9H13N3O. The van der Waals surface area contributed by atoms with Gasteiger partial charge in [0.2, 0.25) is 5.91 Å². The molecule has 2 N–H and O–H groups in total. The van der Waals surface area contributed by atoms with Crippen LogP contribution < -0.4 is 5.32 Å². The summed E-state index contributed by atoms with van der Waals surface area (Å²) in [5.41, 5.74) is 1.07. The summed E-state index contributed by atoms with van der Waals surface area (Å²) < 4.78 is 0. The summed E-state index contributed by atoms with van der Waals surface area (Å²) >= 11 is 0. The van der Waals surface area contributed by atoms with Gasteiger partial charge in [-0.15, -0.1) is 0 Å². The van der Waals surface area contributed by atoms with Crippen LogP contribution >= 0.6 is 0 Å². The van der Waals surface area contributed by atoms with Gasteiger partial charge in [-0.05, 0) is 18.9 Å². The molecule has 1 saturated carbocycles. The Bertz CT molecular complexity index is 277. The minimum atomic E-state index is 0.208. The van der Waals surface area contributed by atoms with Gasteiger partial charge in [0.05, 0.1) is 0 Å². The van der Waals surface area contributed by atoms with Crippen LogP contribution in [0.3, 0.4) is 0 Å². The number of carbonyl (C=O) groups excluding carboxylic acids is 1. The van der Waals surface area contributed by atoms with Gasteiger partial charge in [-0.25, -0.2) is 0 Å². The quantitative estimate of drug-likeness (QED) is 0.706. The molecule has 4 nitrogen and oxygen atoms in total. The van der Waals surface area contributed by atoms with Crippen LogP contribution in [0.25, 0.3) is 0 Å². The van der Waals surface area contributed by atoms with Crippen molar-refractivity contribution in [3.8, 4) is 0 Å². The van der Waals surface area contributed by atoms with Crippen LogP contribution in [0.1, 0.15) is 18.5 Å². The Hall–Kier alpha value is -1.32. The average molecular weight is 179 g/mol. The summed E-state index contributed by atoms with van der Waals surface area (Å²) in [6.45, 7) is 0.706. The van der Waals surface area contributed by atoms with Crippen LogP contribution in [0.2, 0.25) is 0 Å². The van der Waals surface area contributed by atoms with Gasteiger partial charge in [0.25, 0.3) is 0 Å². The van der Waals surface area contributed by atoms with E-state index < -0.39 is 0 Å². The number of nitrogens with one attached hydrogen (secondary N) is 2. The maximum atomic E-state index is 11.2. The fraction of sp³-hybridized carbons (Fsp3) is 0.556. The highest BCUT2D eigenvalue weighted by molar-refractivity contribution is 5.80. The Kier molecular flexibility index (Phi) is 2.29. The van der Waals surface area contributed by atoms with E-state index in [4.69, 9.17) is 0 Å². The lowest BCUT2D eigenvalue weighted by Crippen LogP contribution is -2.26. The Morgan fingerprint density at radius 2 is 2.54 bits per heavy atom. The fourth-order valence-corrected chi connectivity index (χ4v) is 1.23. The summed E-state index contributed by atoms with van der Waals surface area (Å²) in [6.07, 6.45) is 4.68. The SMILES string of the molecule is O=C(NCCc1ccn[nH]1)C1CC1. The van der Waals surface area contributed by atoms with E-state index in [-0.39, 0.29) is 5.91 Å². The van der Waals surface area contributed by atoms with E-state index in [0.717, 1.165) is 25.0 Å². The van der Waals surface area contributed by atoms with Gasteiger partial charge in [0.1, 0.15) is 0 Å². The van der Waals surface area contributed by atoms with Gasteiger partial charge in [0, 0.05) is 30.8 Å². The third-order valence-corrected chi connectivity index (χ3v) is 2.20. The van der Waals surface area contributed by atoms with Gasteiger partial charge in [-0.2, -0.15) is 5.10 Å². The van der Waals surface area contributed by atoms with Gasteiger partial charge < -0.3 is 5.32 Å². The second kappa shape index (κ2) is 3.60. The topological polar surface area (TPSA) is 57.8 Å². The van der Waals surface area contributed by atoms with Crippen molar-refractivity contribution in [2.75, 3.05) is 6.54 Å². The predicted octanol–water partition coefficient (Wildman–Crippen LogP) is 0.478. The molecule has 0 unspecified atom stereocenters. The molecule has 0 saturated heterocycles. The van der Waals surface area contributed by atoms with E-state index in [0.29, 0.717) is 12.5 Å². The number of nitrogens with zero attached hydrogens (tertiary/aromatic N) is 1. The average Bonchev–Trinajstić information content (AvgIpc) is 2.86. The van der Waals surface area contributed by atoms with E-state index in [2.05, 4.69) is 15.5 Å². The standard InChI is InChI=1S/C9H13N3O/c13-9(7-1-2-7)10-5-3-8-4-6-11-12-8/h4,6-7H,1-3,5H2,(H,10,13)(H,11,12). The maximum absolute atomic E-state index is 11.2. The van der Waals surface area contributed by atoms with Gasteiger partial charge >= 0.3 is 0 Å². The Balaban J connectivity index is 1.66. The number of carbonyl (C=O) groups is 1. The smallest absolute Gasteiger partial charge is 0.223 e. The molecule has 1 aliphatic carbocycles. The number of aromatic amines is 1. The van der Waals surface area contributed by atoms with Crippen molar-refractivity contribution < 1.29 is 4.79 Å². The van der Waals surface area contributed by atoms with Crippen molar-refractivity contribution in [3.05, 3.63) is 18.0 Å². The summed E-state index contributed by atoms with van der Waals surface area (Å²) in [5.74, 6) is 0.515. The third-order valence-electron chi connectivity index (χ3n) is 2.20. The van der Waals surface area contributed by atoms with Crippen LogP contribution in [-0.4, -0.2) is 22.6 Å². The van der Waals surface area contributed by atoms with Crippen LogP contribution in [0, 0.1) is 5.92 Å². The van der Waals surface area contributed by atoms with Crippen molar-refractivity contribution in [1.29, 1.82) is 0 Å². The number of aromatic nitrogens is 2. The number of hydrogen-bond donors (Lipinski definition) is 2. The van der Waals surface area contributed by atoms with E-state index in [1.54, 1.807) is 6.20 Å². The molecular weight excluding hydrogens is 166 g/mol. The van der Waals surface area contributed by atoms with Crippen molar-refractivity contribution in [2.45, 2.75) is 19.3 Å². The summed E-state index contributed by atoms with van der Waals surface area (Å²) in [6, 6.07) is 1.92. The number of amides is 1. The van der Waals surface area contributed by atoms with Gasteiger partial charge in [-0.3, -0.25) is 9.89 Å². The molecule has 13 heavy (non-hydrogen) atoms. The first kappa shape index (κ1) is 8.29. The molecule has 0 spiro atoms. The molecule has 2 rings (SSSR count). The molecule has 0 aliphatic heterocycles. The number of rotatable bonds is 4. The summed E-state index contributed by atoms with van der Waals surface area (Å²) in [7, 11) is 0. The van der Waals surface area contributed by atoms with Gasteiger partial charge in [0.15, 0.2) is 0 Å². The first-order valence-corrected chi connectivity index (χ1v) is 4.62. The van der Waals surface area contributed by atoms with E-state index in [1.165, 1.54) is 0 Å². The van der Waals surface area contributed by atoms with Crippen molar-refractivity contribution in [1.82, 2.24) is 15.5 Å². The highest BCUT2D eigenvalue weighted by Gasteiger charge is 2.28. The van der Waals surface area contributed by atoms with E-state index in [9.17, 15) is 4.79 Å². The van der Waals surface area contributed by atoms with Crippen LogP contribution in [0.5, 0.6) is 0 Å². The number of hydrogen-bond acceptors (Lipinski definition) is 2. The molecule has 1 heterocycles. The van der Waals surface area contributed by atoms with Crippen LogP contribution in [-0.2, 0) is 11.2 Å². The zero-order chi connectivity index (χ0) is 9.10. The molecule has 1 aromatic rings. The maximum Gasteiger partial charge on any atom is 0.223 e. The fourth-order valence-electron chi connectivity index (χ4n) is 1.23. The second-order valence-electron chi connectivity index (χ2n) is 3.40. The predicted molar refractivity (Wildman–Crippen MR) is 48.0 cm³/mol. The van der Waals surface area contributed by atoms with E-state index >= 15 is 0 Å². The first-order valence-electron chi connectivity index (χ1n) is 4.62. The molecule has 4 heteroatoms. The van der Waals surface area contributed by atoms with Crippen LogP contribution in [0.4, 0.5) is 0 Å². The van der Waals surface area contributed by atoms with Crippen LogP contribution in [0.15, 0.2) is 12.3 Å². The molecule has 1 aliphatic rings. The molecule has 1 amide bonds. The molecule has 1 aromatic heterocycles. The van der Waals surface area contributed by atoms with Crippen molar-refractivity contribution in [2.24, 2.45) is 5.92 Å². The molecule has 70 valence electrons. The largest absolute Gasteiger partial charge is 0.355 e. The highest BCUT2D eigenvalue weighted by Crippen LogP contribution is 2.28. The zero-order valence-electron chi connectivity index (χ0n) is 7.42. The minimum absolute atomic E-state index is 0.208. The van der Waals surface area contributed by atoms with Crippen molar-refractivity contribution >= 4 is 5.91 Å². The Morgan fingerprint density at radius 3 is 3.15 bits per heavy atom. The second-order valence-corrected chi connectivity index (χ2v) is 3.40. The zero-order valence-corrected chi connectivity index (χ0v) is 7.42. The lowest BCUT2D eigenvalue weighted by atomic mass is 10.3. The van der Waals surface area contributed by atoms with E-state index in [1.807, 2.05) is 6.07 Å². The lowest BCUT2D eigenvalue weighted by molar-refractivity contribution is -0.122. The first-order chi connectivity index (χ1) is 6.36. The summed E-state index contributed by atoms with van der Waals surface area (Å²) in [5, 5.41) is 9.58. The van der Waals surface area contributed by atoms with Crippen molar-refractivity contribution in [3.63, 3.8) is 0 Å². The monoisotopic (exact) mass is 179 g/mol. The van der Waals surface area contributed by atoms with Gasteiger partial charge in [-0.1, -0.05) is 0 Å². The molecule has 0 bridgehead atoms. The molecule has 0 radical (unpaired) electrons. The molecule has 0 atom stereocenters. The molecule has 0 aromatic carbocycles. The highest BCUT2D eigenvalue weighted by atomic mass is 16.2. The minimum Gasteiger partial charge on any atom is -0.355 e. The normalized spacial score (nSPS) is 15.7. The summed E-state index contributed by atoms with van der Waals surface area (Å²) in [4.78, 5) is 11.2. The third kappa shape index (κ3) is 2.31. The lowest BCUT2D eigenvalue weighted by Gasteiger charge is -2.01. The Labute approximate surface area is 76.7 Å². The molecule has 1 fully saturated rings.